The molecule has 4 heteroatoms. The standard InChI is InChI=1S/C14H21FN2S/c1-10(2)5-3-4-8-17-13-7-6-11(14(16)18)9-12(13)15/h6-7,9-10,17H,3-5,8H2,1-2H3,(H2,16,18). The summed E-state index contributed by atoms with van der Waals surface area (Å²) in [6.07, 6.45) is 3.43. The Hall–Kier alpha value is -1.16. The van der Waals surface area contributed by atoms with Gasteiger partial charge in [-0.05, 0) is 30.5 Å². The van der Waals surface area contributed by atoms with Crippen LogP contribution in [-0.4, -0.2) is 11.5 Å². The molecule has 0 aliphatic carbocycles. The Bertz CT molecular complexity index is 405. The van der Waals surface area contributed by atoms with Crippen molar-refractivity contribution in [1.82, 2.24) is 0 Å². The van der Waals surface area contributed by atoms with Gasteiger partial charge in [-0.25, -0.2) is 4.39 Å². The lowest BCUT2D eigenvalue weighted by Gasteiger charge is -2.09. The van der Waals surface area contributed by atoms with Crippen LogP contribution < -0.4 is 11.1 Å². The molecule has 1 rings (SSSR count). The summed E-state index contributed by atoms with van der Waals surface area (Å²) in [6, 6.07) is 4.80. The number of thiocarbonyl (C=S) groups is 1. The van der Waals surface area contributed by atoms with E-state index in [1.165, 1.54) is 12.5 Å². The van der Waals surface area contributed by atoms with Gasteiger partial charge in [0.05, 0.1) is 5.69 Å². The molecule has 0 atom stereocenters. The molecule has 2 nitrogen and oxygen atoms in total. The largest absolute Gasteiger partial charge is 0.389 e. The molecule has 0 spiro atoms. The maximum Gasteiger partial charge on any atom is 0.146 e. The zero-order valence-electron chi connectivity index (χ0n) is 11.0. The van der Waals surface area contributed by atoms with Crippen molar-refractivity contribution < 1.29 is 4.39 Å². The first kappa shape index (κ1) is 14.9. The Balaban J connectivity index is 2.41. The molecule has 3 N–H and O–H groups in total. The molecule has 18 heavy (non-hydrogen) atoms. The molecule has 0 fully saturated rings. The fourth-order valence-corrected chi connectivity index (χ4v) is 1.84. The van der Waals surface area contributed by atoms with Gasteiger partial charge >= 0.3 is 0 Å². The summed E-state index contributed by atoms with van der Waals surface area (Å²) in [4.78, 5) is 0.220. The quantitative estimate of drug-likeness (QED) is 0.585. The van der Waals surface area contributed by atoms with Gasteiger partial charge in [0.25, 0.3) is 0 Å². The molecule has 0 saturated carbocycles. The Labute approximate surface area is 114 Å². The minimum absolute atomic E-state index is 0.220. The fraction of sp³-hybridized carbons (Fsp3) is 0.500. The fourth-order valence-electron chi connectivity index (χ4n) is 1.71. The first-order chi connectivity index (χ1) is 8.50. The van der Waals surface area contributed by atoms with E-state index in [9.17, 15) is 4.39 Å². The highest BCUT2D eigenvalue weighted by Gasteiger charge is 2.04. The van der Waals surface area contributed by atoms with Crippen molar-refractivity contribution >= 4 is 22.9 Å². The molecular formula is C14H21FN2S. The number of benzene rings is 1. The van der Waals surface area contributed by atoms with Gasteiger partial charge in [0.1, 0.15) is 10.8 Å². The van der Waals surface area contributed by atoms with Crippen molar-refractivity contribution in [3.8, 4) is 0 Å². The number of halogens is 1. The molecule has 100 valence electrons. The molecular weight excluding hydrogens is 247 g/mol. The minimum Gasteiger partial charge on any atom is -0.389 e. The van der Waals surface area contributed by atoms with E-state index < -0.39 is 0 Å². The molecule has 0 bridgehead atoms. The summed E-state index contributed by atoms with van der Waals surface area (Å²) in [7, 11) is 0. The highest BCUT2D eigenvalue weighted by molar-refractivity contribution is 7.80. The minimum atomic E-state index is -0.302. The zero-order valence-corrected chi connectivity index (χ0v) is 11.8. The molecule has 1 aromatic rings. The highest BCUT2D eigenvalue weighted by Crippen LogP contribution is 2.16. The van der Waals surface area contributed by atoms with Crippen LogP contribution in [-0.2, 0) is 0 Å². The summed E-state index contributed by atoms with van der Waals surface area (Å²) in [6.45, 7) is 5.21. The number of nitrogens with one attached hydrogen (secondary N) is 1. The van der Waals surface area contributed by atoms with E-state index in [0.717, 1.165) is 25.3 Å². The normalized spacial score (nSPS) is 10.7. The van der Waals surface area contributed by atoms with Gasteiger partial charge in [-0.1, -0.05) is 38.9 Å². The number of hydrogen-bond acceptors (Lipinski definition) is 2. The van der Waals surface area contributed by atoms with Gasteiger partial charge in [0.15, 0.2) is 0 Å². The van der Waals surface area contributed by atoms with Crippen LogP contribution in [0, 0.1) is 11.7 Å². The van der Waals surface area contributed by atoms with Crippen LogP contribution in [0.5, 0.6) is 0 Å². The Kier molecular flexibility index (Phi) is 6.05. The van der Waals surface area contributed by atoms with Gasteiger partial charge in [0, 0.05) is 12.1 Å². The lowest BCUT2D eigenvalue weighted by atomic mass is 10.1. The SMILES string of the molecule is CC(C)CCCCNc1ccc(C(N)=S)cc1F. The maximum absolute atomic E-state index is 13.7. The number of rotatable bonds is 7. The summed E-state index contributed by atoms with van der Waals surface area (Å²) < 4.78 is 13.7. The number of unbranched alkanes of at least 4 members (excludes halogenated alkanes) is 1. The van der Waals surface area contributed by atoms with Crippen molar-refractivity contribution in [2.24, 2.45) is 11.7 Å². The lowest BCUT2D eigenvalue weighted by molar-refractivity contribution is 0.544. The van der Waals surface area contributed by atoms with E-state index in [2.05, 4.69) is 19.2 Å². The first-order valence-electron chi connectivity index (χ1n) is 6.34. The summed E-state index contributed by atoms with van der Waals surface area (Å²) in [5.74, 6) is 0.427. The molecule has 0 amide bonds. The van der Waals surface area contributed by atoms with Crippen LogP contribution >= 0.6 is 12.2 Å². The molecule has 0 aliphatic heterocycles. The van der Waals surface area contributed by atoms with Crippen LogP contribution in [0.4, 0.5) is 10.1 Å². The topological polar surface area (TPSA) is 38.0 Å². The summed E-state index contributed by atoms with van der Waals surface area (Å²) in [5.41, 5.74) is 6.52. The maximum atomic E-state index is 13.7. The van der Waals surface area contributed by atoms with Crippen LogP contribution in [0.25, 0.3) is 0 Å². The number of hydrogen-bond donors (Lipinski definition) is 2. The van der Waals surface area contributed by atoms with E-state index >= 15 is 0 Å². The van der Waals surface area contributed by atoms with Crippen molar-refractivity contribution in [2.75, 3.05) is 11.9 Å². The second kappa shape index (κ2) is 7.31. The summed E-state index contributed by atoms with van der Waals surface area (Å²) in [5, 5.41) is 3.09. The average molecular weight is 268 g/mol. The second-order valence-corrected chi connectivity index (χ2v) is 5.32. The molecule has 0 aromatic heterocycles. The van der Waals surface area contributed by atoms with Gasteiger partial charge in [0.2, 0.25) is 0 Å². The van der Waals surface area contributed by atoms with Crippen LogP contribution in [0.15, 0.2) is 18.2 Å². The highest BCUT2D eigenvalue weighted by atomic mass is 32.1. The third-order valence-electron chi connectivity index (χ3n) is 2.78. The van der Waals surface area contributed by atoms with Crippen molar-refractivity contribution in [3.05, 3.63) is 29.6 Å². The molecule has 0 radical (unpaired) electrons. The van der Waals surface area contributed by atoms with Gasteiger partial charge in [-0.3, -0.25) is 0 Å². The second-order valence-electron chi connectivity index (χ2n) is 4.88. The smallest absolute Gasteiger partial charge is 0.146 e. The van der Waals surface area contributed by atoms with Gasteiger partial charge in [-0.2, -0.15) is 0 Å². The predicted molar refractivity (Wildman–Crippen MR) is 79.5 cm³/mol. The molecule has 1 aromatic carbocycles. The zero-order chi connectivity index (χ0) is 13.5. The summed E-state index contributed by atoms with van der Waals surface area (Å²) >= 11 is 4.80. The first-order valence-corrected chi connectivity index (χ1v) is 6.74. The van der Waals surface area contributed by atoms with Crippen LogP contribution in [0.3, 0.4) is 0 Å². The van der Waals surface area contributed by atoms with Crippen molar-refractivity contribution in [1.29, 1.82) is 0 Å². The molecule has 0 unspecified atom stereocenters. The molecule has 0 heterocycles. The monoisotopic (exact) mass is 268 g/mol. The molecule has 0 aliphatic rings. The van der Waals surface area contributed by atoms with E-state index in [0.29, 0.717) is 11.3 Å². The van der Waals surface area contributed by atoms with Gasteiger partial charge in [-0.15, -0.1) is 0 Å². The predicted octanol–water partition coefficient (Wildman–Crippen LogP) is 3.70. The van der Waals surface area contributed by atoms with E-state index in [4.69, 9.17) is 18.0 Å². The van der Waals surface area contributed by atoms with E-state index in [1.807, 2.05) is 0 Å². The Morgan fingerprint density at radius 1 is 1.39 bits per heavy atom. The lowest BCUT2D eigenvalue weighted by Crippen LogP contribution is -2.10. The van der Waals surface area contributed by atoms with Gasteiger partial charge < -0.3 is 11.1 Å². The Morgan fingerprint density at radius 2 is 2.11 bits per heavy atom. The third kappa shape index (κ3) is 5.00. The molecule has 0 saturated heterocycles. The van der Waals surface area contributed by atoms with Crippen LogP contribution in [0.1, 0.15) is 38.7 Å². The van der Waals surface area contributed by atoms with Crippen LogP contribution in [0.2, 0.25) is 0 Å². The van der Waals surface area contributed by atoms with E-state index in [-0.39, 0.29) is 10.8 Å². The third-order valence-corrected chi connectivity index (χ3v) is 3.01. The average Bonchev–Trinajstić information content (AvgIpc) is 2.29. The number of anilines is 1. The number of nitrogens with two attached hydrogens (primary N) is 1. The van der Waals surface area contributed by atoms with Crippen molar-refractivity contribution in [3.63, 3.8) is 0 Å². The Morgan fingerprint density at radius 3 is 2.67 bits per heavy atom. The van der Waals surface area contributed by atoms with E-state index in [1.54, 1.807) is 12.1 Å². The van der Waals surface area contributed by atoms with Crippen molar-refractivity contribution in [2.45, 2.75) is 33.1 Å².